The first kappa shape index (κ1) is 13.7. The average molecular weight is 260 g/mol. The fraction of sp³-hybridized carbons (Fsp3) is 0.500. The highest BCUT2D eigenvalue weighted by atomic mass is 35.5. The van der Waals surface area contributed by atoms with Gasteiger partial charge in [0.2, 0.25) is 0 Å². The van der Waals surface area contributed by atoms with Gasteiger partial charge in [-0.15, -0.1) is 0 Å². The lowest BCUT2D eigenvalue weighted by atomic mass is 10.2. The highest BCUT2D eigenvalue weighted by molar-refractivity contribution is 7.85. The van der Waals surface area contributed by atoms with Gasteiger partial charge in [-0.3, -0.25) is 4.21 Å². The number of benzene rings is 1. The van der Waals surface area contributed by atoms with Crippen molar-refractivity contribution in [3.05, 3.63) is 29.3 Å². The van der Waals surface area contributed by atoms with Crippen molar-refractivity contribution in [3.8, 4) is 0 Å². The first-order chi connectivity index (χ1) is 7.67. The maximum Gasteiger partial charge on any atom is 0.0545 e. The van der Waals surface area contributed by atoms with Gasteiger partial charge in [-0.1, -0.05) is 24.9 Å². The van der Waals surface area contributed by atoms with Crippen LogP contribution >= 0.6 is 11.6 Å². The number of rotatable bonds is 6. The summed E-state index contributed by atoms with van der Waals surface area (Å²) >= 11 is 5.79. The predicted molar refractivity (Wildman–Crippen MR) is 70.5 cm³/mol. The second-order valence-electron chi connectivity index (χ2n) is 3.74. The Hall–Kier alpha value is -0.380. The van der Waals surface area contributed by atoms with E-state index in [1.54, 1.807) is 12.1 Å². The molecular weight excluding hydrogens is 242 g/mol. The molecule has 0 fully saturated rings. The summed E-state index contributed by atoms with van der Waals surface area (Å²) in [4.78, 5) is 0.848. The van der Waals surface area contributed by atoms with E-state index in [1.165, 1.54) is 0 Å². The smallest absolute Gasteiger partial charge is 0.0545 e. The van der Waals surface area contributed by atoms with Crippen molar-refractivity contribution in [2.45, 2.75) is 30.7 Å². The molecule has 0 radical (unpaired) electrons. The zero-order valence-corrected chi connectivity index (χ0v) is 11.3. The molecule has 0 amide bonds. The monoisotopic (exact) mass is 259 g/mol. The molecule has 0 spiro atoms. The van der Waals surface area contributed by atoms with Crippen LogP contribution in [-0.2, 0) is 10.8 Å². The van der Waals surface area contributed by atoms with Gasteiger partial charge in [0.1, 0.15) is 0 Å². The van der Waals surface area contributed by atoms with E-state index in [0.717, 1.165) is 17.7 Å². The summed E-state index contributed by atoms with van der Waals surface area (Å²) < 4.78 is 12.0. The summed E-state index contributed by atoms with van der Waals surface area (Å²) in [6, 6.07) is 7.54. The molecule has 16 heavy (non-hydrogen) atoms. The minimum atomic E-state index is -0.944. The molecule has 0 saturated carbocycles. The fourth-order valence-corrected chi connectivity index (χ4v) is 2.98. The van der Waals surface area contributed by atoms with Gasteiger partial charge in [0.25, 0.3) is 0 Å². The molecule has 0 aliphatic carbocycles. The third-order valence-electron chi connectivity index (χ3n) is 2.47. The lowest BCUT2D eigenvalue weighted by Gasteiger charge is -2.14. The molecule has 0 saturated heterocycles. The zero-order valence-electron chi connectivity index (χ0n) is 9.70. The zero-order chi connectivity index (χ0) is 12.0. The number of hydrogen-bond acceptors (Lipinski definition) is 2. The molecule has 1 N–H and O–H groups in total. The van der Waals surface area contributed by atoms with Gasteiger partial charge in [-0.2, -0.15) is 0 Å². The Kier molecular flexibility index (Phi) is 6.03. The first-order valence-electron chi connectivity index (χ1n) is 5.48. The number of halogens is 1. The maximum atomic E-state index is 12.0. The van der Waals surface area contributed by atoms with Gasteiger partial charge in [0.15, 0.2) is 0 Å². The molecule has 4 heteroatoms. The molecule has 2 atom stereocenters. The summed E-state index contributed by atoms with van der Waals surface area (Å²) in [5.74, 6) is 0.659. The van der Waals surface area contributed by atoms with E-state index < -0.39 is 10.8 Å². The topological polar surface area (TPSA) is 29.1 Å². The summed E-state index contributed by atoms with van der Waals surface area (Å²) in [6.45, 7) is 2.13. The quantitative estimate of drug-likeness (QED) is 0.851. The fourth-order valence-electron chi connectivity index (χ4n) is 1.52. The van der Waals surface area contributed by atoms with E-state index in [4.69, 9.17) is 11.6 Å². The summed E-state index contributed by atoms with van der Waals surface area (Å²) in [7, 11) is 0.972. The molecule has 0 bridgehead atoms. The minimum absolute atomic E-state index is 0.321. The second-order valence-corrected chi connectivity index (χ2v) is 5.67. The first-order valence-corrected chi connectivity index (χ1v) is 7.18. The van der Waals surface area contributed by atoms with Crippen molar-refractivity contribution >= 4 is 22.4 Å². The highest BCUT2D eigenvalue weighted by Crippen LogP contribution is 2.14. The number of nitrogens with one attached hydrogen (secondary N) is 1. The Morgan fingerprint density at radius 2 is 2.00 bits per heavy atom. The molecule has 1 aromatic rings. The normalized spacial score (nSPS) is 14.7. The van der Waals surface area contributed by atoms with Gasteiger partial charge in [0, 0.05) is 21.7 Å². The average Bonchev–Trinajstić information content (AvgIpc) is 2.29. The Morgan fingerprint density at radius 3 is 2.50 bits per heavy atom. The molecule has 1 aromatic carbocycles. The van der Waals surface area contributed by atoms with E-state index >= 15 is 0 Å². The summed E-state index contributed by atoms with van der Waals surface area (Å²) in [6.07, 6.45) is 2.15. The molecular formula is C12H18ClNOS. The van der Waals surface area contributed by atoms with Crippen molar-refractivity contribution in [2.75, 3.05) is 12.8 Å². The van der Waals surface area contributed by atoms with Crippen molar-refractivity contribution in [1.82, 2.24) is 5.32 Å². The lowest BCUT2D eigenvalue weighted by molar-refractivity contribution is 0.557. The molecule has 0 aromatic heterocycles. The van der Waals surface area contributed by atoms with Crippen LogP contribution in [0.1, 0.15) is 19.8 Å². The molecule has 0 heterocycles. The van der Waals surface area contributed by atoms with Gasteiger partial charge in [-0.25, -0.2) is 0 Å². The molecule has 2 unspecified atom stereocenters. The molecule has 0 aliphatic heterocycles. The Balaban J connectivity index is 2.60. The molecule has 0 aliphatic rings. The van der Waals surface area contributed by atoms with Crippen molar-refractivity contribution in [2.24, 2.45) is 0 Å². The van der Waals surface area contributed by atoms with E-state index in [1.807, 2.05) is 19.2 Å². The van der Waals surface area contributed by atoms with Crippen LogP contribution in [0, 0.1) is 0 Å². The molecule has 90 valence electrons. The molecule has 2 nitrogen and oxygen atoms in total. The van der Waals surface area contributed by atoms with Crippen molar-refractivity contribution in [3.63, 3.8) is 0 Å². The third-order valence-corrected chi connectivity index (χ3v) is 4.23. The van der Waals surface area contributed by atoms with E-state index in [9.17, 15) is 4.21 Å². The van der Waals surface area contributed by atoms with Crippen LogP contribution in [0.3, 0.4) is 0 Å². The van der Waals surface area contributed by atoms with Crippen molar-refractivity contribution in [1.29, 1.82) is 0 Å². The van der Waals surface area contributed by atoms with Crippen LogP contribution in [0.2, 0.25) is 5.02 Å². The summed E-state index contributed by atoms with van der Waals surface area (Å²) in [5, 5.41) is 3.88. The van der Waals surface area contributed by atoms with Crippen LogP contribution in [0.15, 0.2) is 29.2 Å². The SMILES string of the molecule is CCCC(CS(=O)c1ccc(Cl)cc1)NC. The highest BCUT2D eigenvalue weighted by Gasteiger charge is 2.11. The van der Waals surface area contributed by atoms with E-state index in [2.05, 4.69) is 12.2 Å². The van der Waals surface area contributed by atoms with Crippen LogP contribution in [0.4, 0.5) is 0 Å². The standard InChI is InChI=1S/C12H18ClNOS/c1-3-4-11(14-2)9-16(15)12-7-5-10(13)6-8-12/h5-8,11,14H,3-4,9H2,1-2H3. The second kappa shape index (κ2) is 7.05. The van der Waals surface area contributed by atoms with Gasteiger partial charge in [-0.05, 0) is 37.7 Å². The van der Waals surface area contributed by atoms with E-state index in [0.29, 0.717) is 16.8 Å². The summed E-state index contributed by atoms with van der Waals surface area (Å²) in [5.41, 5.74) is 0. The van der Waals surface area contributed by atoms with Gasteiger partial charge >= 0.3 is 0 Å². The van der Waals surface area contributed by atoms with Crippen molar-refractivity contribution < 1.29 is 4.21 Å². The Morgan fingerprint density at radius 1 is 1.38 bits per heavy atom. The maximum absolute atomic E-state index is 12.0. The van der Waals surface area contributed by atoms with E-state index in [-0.39, 0.29) is 0 Å². The number of hydrogen-bond donors (Lipinski definition) is 1. The Bertz CT molecular complexity index is 339. The molecule has 1 rings (SSSR count). The van der Waals surface area contributed by atoms with Crippen LogP contribution in [0.5, 0.6) is 0 Å². The van der Waals surface area contributed by atoms with Gasteiger partial charge < -0.3 is 5.32 Å². The van der Waals surface area contributed by atoms with Crippen LogP contribution < -0.4 is 5.32 Å². The lowest BCUT2D eigenvalue weighted by Crippen LogP contribution is -2.30. The van der Waals surface area contributed by atoms with Crippen LogP contribution in [0.25, 0.3) is 0 Å². The predicted octanol–water partition coefficient (Wildman–Crippen LogP) is 2.84. The van der Waals surface area contributed by atoms with Gasteiger partial charge in [0.05, 0.1) is 10.8 Å². The Labute approximate surface area is 105 Å². The minimum Gasteiger partial charge on any atom is -0.316 e. The third kappa shape index (κ3) is 4.24. The van der Waals surface area contributed by atoms with Crippen LogP contribution in [-0.4, -0.2) is 23.1 Å². The largest absolute Gasteiger partial charge is 0.316 e.